The van der Waals surface area contributed by atoms with Gasteiger partial charge >= 0.3 is 11.3 Å². The lowest BCUT2D eigenvalue weighted by atomic mass is 10.1. The molecule has 0 amide bonds. The molecular formula is C14H8O4. The molecule has 0 atom stereocenters. The molecule has 0 saturated carbocycles. The zero-order valence-electron chi connectivity index (χ0n) is 9.25. The van der Waals surface area contributed by atoms with Crippen LogP contribution in [0.25, 0.3) is 22.3 Å². The second-order valence-electron chi connectivity index (χ2n) is 3.78. The fourth-order valence-corrected chi connectivity index (χ4v) is 1.82. The molecule has 4 heteroatoms. The first kappa shape index (κ1) is 10.5. The maximum absolute atomic E-state index is 11.2. The molecule has 1 heterocycles. The molecule has 88 valence electrons. The summed E-state index contributed by atoms with van der Waals surface area (Å²) in [4.78, 5) is 22.4. The number of fused-ring (bicyclic) bond motifs is 1. The Kier molecular flexibility index (Phi) is 2.34. The summed E-state index contributed by atoms with van der Waals surface area (Å²) < 4.78 is 9.91. The normalized spacial score (nSPS) is 10.7. The Balaban J connectivity index is 2.41. The zero-order chi connectivity index (χ0) is 12.5. The Hall–Kier alpha value is -2.62. The van der Waals surface area contributed by atoms with Gasteiger partial charge in [0.2, 0.25) is 0 Å². The Morgan fingerprint density at radius 1 is 0.722 bits per heavy atom. The Morgan fingerprint density at radius 3 is 2.22 bits per heavy atom. The Morgan fingerprint density at radius 2 is 1.44 bits per heavy atom. The van der Waals surface area contributed by atoms with Gasteiger partial charge < -0.3 is 8.83 Å². The van der Waals surface area contributed by atoms with Gasteiger partial charge in [-0.2, -0.15) is 0 Å². The molecule has 0 aliphatic carbocycles. The average Bonchev–Trinajstić information content (AvgIpc) is 2.40. The summed E-state index contributed by atoms with van der Waals surface area (Å²) in [6, 6.07) is 14.6. The molecule has 0 unspecified atom stereocenters. The third kappa shape index (κ3) is 1.64. The van der Waals surface area contributed by atoms with Crippen molar-refractivity contribution < 1.29 is 8.83 Å². The molecule has 0 fully saturated rings. The molecule has 0 bridgehead atoms. The van der Waals surface area contributed by atoms with Crippen LogP contribution >= 0.6 is 0 Å². The van der Waals surface area contributed by atoms with E-state index in [0.29, 0.717) is 5.56 Å². The number of rotatable bonds is 1. The molecule has 0 spiro atoms. The molecule has 0 radical (unpaired) electrons. The standard InChI is InChI=1S/C14H8O4/c15-13-14(16)18-12-10(7-4-8-11(12)17-13)9-5-2-1-3-6-9/h1-8H. The molecule has 2 aromatic carbocycles. The van der Waals surface area contributed by atoms with Gasteiger partial charge in [-0.3, -0.25) is 0 Å². The van der Waals surface area contributed by atoms with Crippen molar-refractivity contribution in [3.63, 3.8) is 0 Å². The van der Waals surface area contributed by atoms with E-state index >= 15 is 0 Å². The summed E-state index contributed by atoms with van der Waals surface area (Å²) in [5.74, 6) is 0. The van der Waals surface area contributed by atoms with Crippen LogP contribution in [0.1, 0.15) is 0 Å². The highest BCUT2D eigenvalue weighted by Gasteiger charge is 2.10. The highest BCUT2D eigenvalue weighted by Crippen LogP contribution is 2.26. The number of benzene rings is 2. The molecule has 0 aliphatic heterocycles. The first-order valence-corrected chi connectivity index (χ1v) is 5.38. The van der Waals surface area contributed by atoms with E-state index in [0.717, 1.165) is 5.56 Å². The van der Waals surface area contributed by atoms with Crippen molar-refractivity contribution in [1.29, 1.82) is 0 Å². The summed E-state index contributed by atoms with van der Waals surface area (Å²) >= 11 is 0. The predicted octanol–water partition coefficient (Wildman–Crippen LogP) is 2.41. The minimum absolute atomic E-state index is 0.265. The molecule has 0 aliphatic rings. The molecule has 1 aromatic heterocycles. The van der Waals surface area contributed by atoms with Crippen LogP contribution < -0.4 is 11.3 Å². The van der Waals surface area contributed by atoms with E-state index in [1.165, 1.54) is 0 Å². The monoisotopic (exact) mass is 240 g/mol. The Bertz CT molecular complexity index is 812. The summed E-state index contributed by atoms with van der Waals surface area (Å²) in [5, 5.41) is 0. The van der Waals surface area contributed by atoms with Crippen LogP contribution in [0.2, 0.25) is 0 Å². The lowest BCUT2D eigenvalue weighted by Crippen LogP contribution is -2.21. The third-order valence-electron chi connectivity index (χ3n) is 2.63. The maximum Gasteiger partial charge on any atom is 0.423 e. The molecular weight excluding hydrogens is 232 g/mol. The van der Waals surface area contributed by atoms with Crippen LogP contribution in [-0.2, 0) is 0 Å². The summed E-state index contributed by atoms with van der Waals surface area (Å²) in [6.45, 7) is 0. The highest BCUT2D eigenvalue weighted by molar-refractivity contribution is 5.88. The van der Waals surface area contributed by atoms with Crippen LogP contribution in [0.5, 0.6) is 0 Å². The fourth-order valence-electron chi connectivity index (χ4n) is 1.82. The van der Waals surface area contributed by atoms with E-state index < -0.39 is 11.3 Å². The van der Waals surface area contributed by atoms with E-state index in [2.05, 4.69) is 0 Å². The van der Waals surface area contributed by atoms with Crippen molar-refractivity contribution in [1.82, 2.24) is 0 Å². The molecule has 4 nitrogen and oxygen atoms in total. The smallest absolute Gasteiger partial charge is 0.414 e. The van der Waals surface area contributed by atoms with Crippen LogP contribution in [0, 0.1) is 0 Å². The SMILES string of the molecule is O=c1oc2cccc(-c3ccccc3)c2oc1=O. The van der Waals surface area contributed by atoms with Crippen LogP contribution in [-0.4, -0.2) is 0 Å². The number of hydrogen-bond acceptors (Lipinski definition) is 4. The van der Waals surface area contributed by atoms with Gasteiger partial charge in [-0.15, -0.1) is 0 Å². The fraction of sp³-hybridized carbons (Fsp3) is 0. The van der Waals surface area contributed by atoms with E-state index in [9.17, 15) is 9.59 Å². The lowest BCUT2D eigenvalue weighted by Gasteiger charge is -2.03. The zero-order valence-corrected chi connectivity index (χ0v) is 9.25. The van der Waals surface area contributed by atoms with Crippen molar-refractivity contribution in [2.75, 3.05) is 0 Å². The van der Waals surface area contributed by atoms with E-state index in [1.54, 1.807) is 18.2 Å². The van der Waals surface area contributed by atoms with Gasteiger partial charge in [0.1, 0.15) is 0 Å². The topological polar surface area (TPSA) is 60.4 Å². The van der Waals surface area contributed by atoms with Crippen LogP contribution in [0.4, 0.5) is 0 Å². The lowest BCUT2D eigenvalue weighted by molar-refractivity contribution is 0.449. The first-order valence-electron chi connectivity index (χ1n) is 5.38. The summed E-state index contributed by atoms with van der Waals surface area (Å²) in [6.07, 6.45) is 0. The van der Waals surface area contributed by atoms with Crippen molar-refractivity contribution in [3.05, 3.63) is 69.4 Å². The van der Waals surface area contributed by atoms with E-state index in [-0.39, 0.29) is 11.2 Å². The van der Waals surface area contributed by atoms with Crippen molar-refractivity contribution in [2.24, 2.45) is 0 Å². The second kappa shape index (κ2) is 4.00. The number of para-hydroxylation sites is 1. The summed E-state index contributed by atoms with van der Waals surface area (Å²) in [5.41, 5.74) is 0.168. The van der Waals surface area contributed by atoms with Gasteiger partial charge in [-0.1, -0.05) is 42.5 Å². The average molecular weight is 240 g/mol. The first-order chi connectivity index (χ1) is 8.75. The molecule has 3 aromatic rings. The van der Waals surface area contributed by atoms with E-state index in [4.69, 9.17) is 8.83 Å². The van der Waals surface area contributed by atoms with Crippen LogP contribution in [0.3, 0.4) is 0 Å². The van der Waals surface area contributed by atoms with Gasteiger partial charge in [0.25, 0.3) is 0 Å². The van der Waals surface area contributed by atoms with E-state index in [1.807, 2.05) is 30.3 Å². The molecule has 3 rings (SSSR count). The predicted molar refractivity (Wildman–Crippen MR) is 66.5 cm³/mol. The third-order valence-corrected chi connectivity index (χ3v) is 2.63. The van der Waals surface area contributed by atoms with Gasteiger partial charge in [0.05, 0.1) is 0 Å². The minimum Gasteiger partial charge on any atom is -0.414 e. The highest BCUT2D eigenvalue weighted by atomic mass is 16.5. The summed E-state index contributed by atoms with van der Waals surface area (Å²) in [7, 11) is 0. The quantitative estimate of drug-likeness (QED) is 0.613. The Labute approximate surface area is 101 Å². The molecule has 0 N–H and O–H groups in total. The second-order valence-corrected chi connectivity index (χ2v) is 3.78. The van der Waals surface area contributed by atoms with Crippen molar-refractivity contribution >= 4 is 11.2 Å². The number of hydrogen-bond donors (Lipinski definition) is 0. The van der Waals surface area contributed by atoms with Gasteiger partial charge in [-0.05, 0) is 11.6 Å². The van der Waals surface area contributed by atoms with Crippen LogP contribution in [0.15, 0.2) is 67.0 Å². The van der Waals surface area contributed by atoms with Gasteiger partial charge in [-0.25, -0.2) is 9.59 Å². The van der Waals surface area contributed by atoms with Crippen molar-refractivity contribution in [2.45, 2.75) is 0 Å². The van der Waals surface area contributed by atoms with Gasteiger partial charge in [0.15, 0.2) is 11.2 Å². The van der Waals surface area contributed by atoms with Gasteiger partial charge in [0, 0.05) is 5.56 Å². The molecule has 0 saturated heterocycles. The largest absolute Gasteiger partial charge is 0.423 e. The minimum atomic E-state index is -0.995. The van der Waals surface area contributed by atoms with Crippen molar-refractivity contribution in [3.8, 4) is 11.1 Å². The molecule has 18 heavy (non-hydrogen) atoms. The maximum atomic E-state index is 11.2.